The highest BCUT2D eigenvalue weighted by molar-refractivity contribution is 5.46. The lowest BCUT2D eigenvalue weighted by Crippen LogP contribution is -2.35. The highest BCUT2D eigenvalue weighted by atomic mass is 16.5. The van der Waals surface area contributed by atoms with E-state index < -0.39 is 6.10 Å². The first kappa shape index (κ1) is 21.7. The second-order valence-corrected chi connectivity index (χ2v) is 7.09. The molecule has 0 fully saturated rings. The Kier molecular flexibility index (Phi) is 8.12. The number of hydrogen-bond donors (Lipinski definition) is 1. The van der Waals surface area contributed by atoms with E-state index in [2.05, 4.69) is 17.0 Å². The van der Waals surface area contributed by atoms with E-state index in [-0.39, 0.29) is 6.61 Å². The fourth-order valence-corrected chi connectivity index (χ4v) is 3.41. The summed E-state index contributed by atoms with van der Waals surface area (Å²) in [7, 11) is 3.28. The summed E-state index contributed by atoms with van der Waals surface area (Å²) in [4.78, 5) is 2.19. The van der Waals surface area contributed by atoms with E-state index in [1.54, 1.807) is 14.2 Å². The third-order valence-corrected chi connectivity index (χ3v) is 4.78. The lowest BCUT2D eigenvalue weighted by Gasteiger charge is -2.26. The third kappa shape index (κ3) is 6.24. The minimum Gasteiger partial charge on any atom is -0.493 e. The van der Waals surface area contributed by atoms with Crippen LogP contribution in [0.25, 0.3) is 0 Å². The lowest BCUT2D eigenvalue weighted by molar-refractivity contribution is 0.0625. The normalized spacial score (nSPS) is 11.9. The lowest BCUT2D eigenvalue weighted by atomic mass is 10.1. The van der Waals surface area contributed by atoms with Crippen LogP contribution in [0.3, 0.4) is 0 Å². The molecule has 0 aliphatic rings. The van der Waals surface area contributed by atoms with Gasteiger partial charge in [0.1, 0.15) is 18.5 Å². The van der Waals surface area contributed by atoms with Gasteiger partial charge < -0.3 is 19.3 Å². The van der Waals surface area contributed by atoms with Crippen LogP contribution in [-0.2, 0) is 13.1 Å². The van der Waals surface area contributed by atoms with Gasteiger partial charge in [-0.2, -0.15) is 0 Å². The van der Waals surface area contributed by atoms with Crippen LogP contribution in [-0.4, -0.2) is 43.5 Å². The van der Waals surface area contributed by atoms with Gasteiger partial charge >= 0.3 is 0 Å². The second kappa shape index (κ2) is 11.2. The monoisotopic (exact) mass is 407 g/mol. The Bertz CT molecular complexity index is 886. The maximum absolute atomic E-state index is 10.6. The Morgan fingerprint density at radius 3 is 2.17 bits per heavy atom. The van der Waals surface area contributed by atoms with Crippen LogP contribution >= 0.6 is 0 Å². The summed E-state index contributed by atoms with van der Waals surface area (Å²) in [6.07, 6.45) is -0.634. The standard InChI is InChI=1S/C25H29NO4/c1-28-24-15-9-12-21(25(24)29-2)17-26(16-20-10-5-3-6-11-20)18-22(27)19-30-23-13-7-4-8-14-23/h3-15,22,27H,16-19H2,1-2H3/t22-/m1/s1. The molecule has 0 aromatic heterocycles. The predicted molar refractivity (Wildman–Crippen MR) is 118 cm³/mol. The summed E-state index contributed by atoms with van der Waals surface area (Å²) in [6.45, 7) is 1.99. The van der Waals surface area contributed by atoms with Gasteiger partial charge in [0.15, 0.2) is 11.5 Å². The average molecular weight is 408 g/mol. The molecule has 0 aliphatic heterocycles. The Morgan fingerprint density at radius 2 is 1.50 bits per heavy atom. The first-order valence-corrected chi connectivity index (χ1v) is 10.0. The maximum Gasteiger partial charge on any atom is 0.165 e. The number of rotatable bonds is 11. The Labute approximate surface area is 178 Å². The number of ether oxygens (including phenoxy) is 3. The van der Waals surface area contributed by atoms with E-state index in [9.17, 15) is 5.11 Å². The van der Waals surface area contributed by atoms with E-state index in [1.807, 2.05) is 66.7 Å². The second-order valence-electron chi connectivity index (χ2n) is 7.09. The van der Waals surface area contributed by atoms with Crippen LogP contribution in [0, 0.1) is 0 Å². The van der Waals surface area contributed by atoms with Crippen molar-refractivity contribution < 1.29 is 19.3 Å². The van der Waals surface area contributed by atoms with Crippen molar-refractivity contribution in [2.45, 2.75) is 19.2 Å². The summed E-state index contributed by atoms with van der Waals surface area (Å²) < 4.78 is 16.8. The summed E-state index contributed by atoms with van der Waals surface area (Å²) in [5.41, 5.74) is 2.18. The minimum absolute atomic E-state index is 0.227. The van der Waals surface area contributed by atoms with Gasteiger partial charge in [-0.3, -0.25) is 4.90 Å². The quantitative estimate of drug-likeness (QED) is 0.518. The molecule has 30 heavy (non-hydrogen) atoms. The largest absolute Gasteiger partial charge is 0.493 e. The zero-order chi connectivity index (χ0) is 21.2. The molecule has 0 heterocycles. The molecule has 0 unspecified atom stereocenters. The minimum atomic E-state index is -0.634. The van der Waals surface area contributed by atoms with Crippen LogP contribution in [0.2, 0.25) is 0 Å². The molecular weight excluding hydrogens is 378 g/mol. The number of aliphatic hydroxyl groups excluding tert-OH is 1. The topological polar surface area (TPSA) is 51.2 Å². The van der Waals surface area contributed by atoms with Crippen molar-refractivity contribution in [3.05, 3.63) is 90.0 Å². The van der Waals surface area contributed by atoms with Crippen molar-refractivity contribution in [3.63, 3.8) is 0 Å². The van der Waals surface area contributed by atoms with E-state index in [1.165, 1.54) is 5.56 Å². The number of benzene rings is 3. The first-order chi connectivity index (χ1) is 14.7. The molecule has 3 aromatic carbocycles. The van der Waals surface area contributed by atoms with Gasteiger partial charge in [0, 0.05) is 25.2 Å². The maximum atomic E-state index is 10.6. The SMILES string of the molecule is COc1cccc(CN(Cc2ccccc2)C[C@@H](O)COc2ccccc2)c1OC. The molecule has 0 radical (unpaired) electrons. The Hall–Kier alpha value is -3.02. The molecule has 0 amide bonds. The van der Waals surface area contributed by atoms with Crippen LogP contribution in [0.4, 0.5) is 0 Å². The molecule has 5 heteroatoms. The van der Waals surface area contributed by atoms with Gasteiger partial charge in [-0.25, -0.2) is 0 Å². The fraction of sp³-hybridized carbons (Fsp3) is 0.280. The van der Waals surface area contributed by atoms with E-state index in [4.69, 9.17) is 14.2 Å². The molecule has 0 saturated carbocycles. The Morgan fingerprint density at radius 1 is 0.800 bits per heavy atom. The molecule has 1 N–H and O–H groups in total. The molecule has 0 spiro atoms. The number of para-hydroxylation sites is 2. The van der Waals surface area contributed by atoms with Gasteiger partial charge in [-0.05, 0) is 23.8 Å². The highest BCUT2D eigenvalue weighted by Gasteiger charge is 2.17. The summed E-state index contributed by atoms with van der Waals surface area (Å²) in [6, 6.07) is 25.6. The van der Waals surface area contributed by atoms with Gasteiger partial charge in [0.25, 0.3) is 0 Å². The zero-order valence-corrected chi connectivity index (χ0v) is 17.5. The van der Waals surface area contributed by atoms with Crippen LogP contribution in [0.5, 0.6) is 17.2 Å². The molecule has 5 nitrogen and oxygen atoms in total. The van der Waals surface area contributed by atoms with Gasteiger partial charge in [0.2, 0.25) is 0 Å². The van der Waals surface area contributed by atoms with Crippen LogP contribution in [0.1, 0.15) is 11.1 Å². The summed E-state index contributed by atoms with van der Waals surface area (Å²) >= 11 is 0. The summed E-state index contributed by atoms with van der Waals surface area (Å²) in [5, 5.41) is 10.6. The van der Waals surface area contributed by atoms with E-state index in [0.29, 0.717) is 31.1 Å². The number of nitrogens with zero attached hydrogens (tertiary/aromatic N) is 1. The molecule has 0 bridgehead atoms. The van der Waals surface area contributed by atoms with E-state index in [0.717, 1.165) is 11.3 Å². The molecule has 3 rings (SSSR count). The number of hydrogen-bond acceptors (Lipinski definition) is 5. The smallest absolute Gasteiger partial charge is 0.165 e. The van der Waals surface area contributed by atoms with E-state index >= 15 is 0 Å². The van der Waals surface area contributed by atoms with Crippen molar-refractivity contribution in [2.75, 3.05) is 27.4 Å². The molecular formula is C25H29NO4. The predicted octanol–water partition coefficient (Wildman–Crippen LogP) is 4.15. The Balaban J connectivity index is 1.72. The van der Waals surface area contributed by atoms with Gasteiger partial charge in [-0.15, -0.1) is 0 Å². The molecule has 158 valence electrons. The van der Waals surface area contributed by atoms with Crippen LogP contribution in [0.15, 0.2) is 78.9 Å². The average Bonchev–Trinajstić information content (AvgIpc) is 2.79. The number of methoxy groups -OCH3 is 2. The fourth-order valence-electron chi connectivity index (χ4n) is 3.41. The molecule has 0 aliphatic carbocycles. The third-order valence-electron chi connectivity index (χ3n) is 4.78. The summed E-state index contributed by atoms with van der Waals surface area (Å²) in [5.74, 6) is 2.16. The van der Waals surface area contributed by atoms with Gasteiger partial charge in [-0.1, -0.05) is 60.7 Å². The van der Waals surface area contributed by atoms with Crippen molar-refractivity contribution >= 4 is 0 Å². The van der Waals surface area contributed by atoms with Crippen molar-refractivity contribution in [3.8, 4) is 17.2 Å². The number of aliphatic hydroxyl groups is 1. The highest BCUT2D eigenvalue weighted by Crippen LogP contribution is 2.31. The van der Waals surface area contributed by atoms with Crippen molar-refractivity contribution in [2.24, 2.45) is 0 Å². The first-order valence-electron chi connectivity index (χ1n) is 10.0. The zero-order valence-electron chi connectivity index (χ0n) is 17.5. The van der Waals surface area contributed by atoms with Crippen molar-refractivity contribution in [1.29, 1.82) is 0 Å². The molecule has 3 aromatic rings. The van der Waals surface area contributed by atoms with Crippen molar-refractivity contribution in [1.82, 2.24) is 4.90 Å². The molecule has 1 atom stereocenters. The van der Waals surface area contributed by atoms with Gasteiger partial charge in [0.05, 0.1) is 14.2 Å². The molecule has 0 saturated heterocycles. The van der Waals surface area contributed by atoms with Crippen LogP contribution < -0.4 is 14.2 Å².